The molecule has 0 atom stereocenters. The number of rotatable bonds is 5. The van der Waals surface area contributed by atoms with Crippen LogP contribution in [0.5, 0.6) is 11.5 Å². The number of nitrogens with two attached hydrogens (primary N) is 1. The molecule has 2 N–H and O–H groups in total. The highest BCUT2D eigenvalue weighted by Crippen LogP contribution is 2.37. The lowest BCUT2D eigenvalue weighted by Crippen LogP contribution is -1.93. The fourth-order valence-corrected chi connectivity index (χ4v) is 3.74. The monoisotopic (exact) mass is 360 g/mol. The summed E-state index contributed by atoms with van der Waals surface area (Å²) in [7, 11) is 3.31. The van der Waals surface area contributed by atoms with Crippen molar-refractivity contribution in [2.45, 2.75) is 9.96 Å². The Morgan fingerprint density at radius 2 is 2.05 bits per heavy atom. The van der Waals surface area contributed by atoms with E-state index in [1.165, 1.54) is 11.3 Å². The molecular formula is C12H13BrN2O2S2. The van der Waals surface area contributed by atoms with Gasteiger partial charge in [-0.2, -0.15) is 0 Å². The van der Waals surface area contributed by atoms with Crippen LogP contribution in [0, 0.1) is 0 Å². The number of nitrogen functional groups attached to an aromatic ring is 1. The van der Waals surface area contributed by atoms with Gasteiger partial charge in [-0.15, -0.1) is 11.8 Å². The first-order valence-corrected chi connectivity index (χ1v) is 7.98. The third-order valence-corrected chi connectivity index (χ3v) is 5.12. The Hall–Kier alpha value is -0.920. The second-order valence-corrected chi connectivity index (χ2v) is 6.80. The Morgan fingerprint density at radius 3 is 2.63 bits per heavy atom. The van der Waals surface area contributed by atoms with E-state index in [0.29, 0.717) is 5.13 Å². The quantitative estimate of drug-likeness (QED) is 0.821. The molecule has 0 aliphatic rings. The highest BCUT2D eigenvalue weighted by atomic mass is 79.9. The van der Waals surface area contributed by atoms with Crippen LogP contribution in [0.25, 0.3) is 0 Å². The van der Waals surface area contributed by atoms with Gasteiger partial charge in [-0.25, -0.2) is 4.98 Å². The van der Waals surface area contributed by atoms with E-state index in [2.05, 4.69) is 20.9 Å². The summed E-state index contributed by atoms with van der Waals surface area (Å²) in [5.74, 6) is 2.40. The lowest BCUT2D eigenvalue weighted by molar-refractivity contribution is 0.398. The Balaban J connectivity index is 2.18. The predicted molar refractivity (Wildman–Crippen MR) is 83.3 cm³/mol. The standard InChI is InChI=1S/C12H13BrN2O2S2/c1-16-9-4-8(13)10(17-2)3-7(9)6-18-11-5-15-12(14)19-11/h3-5H,6H2,1-2H3,(H2,14,15). The van der Waals surface area contributed by atoms with Gasteiger partial charge >= 0.3 is 0 Å². The molecule has 0 spiro atoms. The van der Waals surface area contributed by atoms with Crippen molar-refractivity contribution in [3.63, 3.8) is 0 Å². The van der Waals surface area contributed by atoms with E-state index in [1.807, 2.05) is 12.1 Å². The summed E-state index contributed by atoms with van der Waals surface area (Å²) in [6, 6.07) is 3.88. The highest BCUT2D eigenvalue weighted by Gasteiger charge is 2.10. The van der Waals surface area contributed by atoms with Crippen LogP contribution < -0.4 is 15.2 Å². The fourth-order valence-electron chi connectivity index (χ4n) is 1.52. The lowest BCUT2D eigenvalue weighted by Gasteiger charge is -2.11. The van der Waals surface area contributed by atoms with E-state index in [4.69, 9.17) is 15.2 Å². The molecule has 0 fully saturated rings. The summed E-state index contributed by atoms with van der Waals surface area (Å²) in [4.78, 5) is 4.03. The van der Waals surface area contributed by atoms with E-state index in [0.717, 1.165) is 31.5 Å². The van der Waals surface area contributed by atoms with Gasteiger partial charge in [0.15, 0.2) is 5.13 Å². The molecule has 0 aliphatic heterocycles. The zero-order valence-corrected chi connectivity index (χ0v) is 13.7. The molecule has 1 aromatic carbocycles. The third-order valence-electron chi connectivity index (χ3n) is 2.43. The number of anilines is 1. The summed E-state index contributed by atoms with van der Waals surface area (Å²) in [6.45, 7) is 0. The highest BCUT2D eigenvalue weighted by molar-refractivity contribution is 9.10. The molecule has 102 valence electrons. The Morgan fingerprint density at radius 1 is 1.32 bits per heavy atom. The number of nitrogens with zero attached hydrogens (tertiary/aromatic N) is 1. The van der Waals surface area contributed by atoms with Crippen LogP contribution in [0.1, 0.15) is 5.56 Å². The van der Waals surface area contributed by atoms with E-state index < -0.39 is 0 Å². The molecule has 1 heterocycles. The number of hydrogen-bond donors (Lipinski definition) is 1. The van der Waals surface area contributed by atoms with Gasteiger partial charge < -0.3 is 15.2 Å². The molecule has 0 amide bonds. The van der Waals surface area contributed by atoms with Crippen molar-refractivity contribution in [3.8, 4) is 11.5 Å². The average molecular weight is 361 g/mol. The summed E-state index contributed by atoms with van der Waals surface area (Å²) in [5, 5.41) is 0.586. The number of hydrogen-bond acceptors (Lipinski definition) is 6. The Kier molecular flexibility index (Phi) is 4.95. The van der Waals surface area contributed by atoms with E-state index in [-0.39, 0.29) is 0 Å². The maximum Gasteiger partial charge on any atom is 0.181 e. The Bertz CT molecular complexity index is 575. The van der Waals surface area contributed by atoms with Crippen molar-refractivity contribution in [1.29, 1.82) is 0 Å². The Labute approximate surface area is 128 Å². The second-order valence-electron chi connectivity index (χ2n) is 3.60. The van der Waals surface area contributed by atoms with Gasteiger partial charge in [-0.1, -0.05) is 11.3 Å². The molecule has 2 rings (SSSR count). The number of thioether (sulfide) groups is 1. The molecule has 1 aromatic heterocycles. The minimum absolute atomic E-state index is 0.586. The number of halogens is 1. The van der Waals surface area contributed by atoms with Crippen molar-refractivity contribution in [1.82, 2.24) is 4.98 Å². The molecule has 19 heavy (non-hydrogen) atoms. The minimum Gasteiger partial charge on any atom is -0.496 e. The van der Waals surface area contributed by atoms with Gasteiger partial charge in [0.1, 0.15) is 11.5 Å². The summed E-state index contributed by atoms with van der Waals surface area (Å²) in [6.07, 6.45) is 1.78. The van der Waals surface area contributed by atoms with Crippen molar-refractivity contribution in [2.24, 2.45) is 0 Å². The molecule has 0 saturated carbocycles. The van der Waals surface area contributed by atoms with Crippen molar-refractivity contribution < 1.29 is 9.47 Å². The van der Waals surface area contributed by atoms with E-state index in [9.17, 15) is 0 Å². The molecule has 4 nitrogen and oxygen atoms in total. The molecule has 0 saturated heterocycles. The maximum atomic E-state index is 5.61. The molecule has 0 unspecified atom stereocenters. The van der Waals surface area contributed by atoms with Crippen LogP contribution >= 0.6 is 39.0 Å². The maximum absolute atomic E-state index is 5.61. The molecular weight excluding hydrogens is 348 g/mol. The van der Waals surface area contributed by atoms with E-state index in [1.54, 1.807) is 32.2 Å². The van der Waals surface area contributed by atoms with Gasteiger partial charge in [0.05, 0.1) is 29.1 Å². The number of benzene rings is 1. The lowest BCUT2D eigenvalue weighted by atomic mass is 10.2. The van der Waals surface area contributed by atoms with Gasteiger partial charge in [-0.05, 0) is 28.1 Å². The number of methoxy groups -OCH3 is 2. The molecule has 0 radical (unpaired) electrons. The van der Waals surface area contributed by atoms with Crippen LogP contribution in [0.15, 0.2) is 27.0 Å². The molecule has 7 heteroatoms. The van der Waals surface area contributed by atoms with Crippen LogP contribution in [-0.4, -0.2) is 19.2 Å². The summed E-state index contributed by atoms with van der Waals surface area (Å²) < 4.78 is 12.6. The number of thiazole rings is 1. The van der Waals surface area contributed by atoms with Gasteiger partial charge in [0, 0.05) is 11.3 Å². The van der Waals surface area contributed by atoms with Crippen molar-refractivity contribution >= 4 is 44.2 Å². The minimum atomic E-state index is 0.586. The van der Waals surface area contributed by atoms with Crippen molar-refractivity contribution in [3.05, 3.63) is 28.4 Å². The van der Waals surface area contributed by atoms with Gasteiger partial charge in [-0.3, -0.25) is 0 Å². The number of ether oxygens (including phenoxy) is 2. The van der Waals surface area contributed by atoms with Crippen LogP contribution in [0.2, 0.25) is 0 Å². The second kappa shape index (κ2) is 6.49. The SMILES string of the molecule is COc1cc(CSc2cnc(N)s2)c(OC)cc1Br. The first-order chi connectivity index (χ1) is 9.13. The zero-order valence-electron chi connectivity index (χ0n) is 10.5. The van der Waals surface area contributed by atoms with Crippen LogP contribution in [0.4, 0.5) is 5.13 Å². The largest absolute Gasteiger partial charge is 0.496 e. The predicted octanol–water partition coefficient (Wildman–Crippen LogP) is 3.80. The fraction of sp³-hybridized carbons (Fsp3) is 0.250. The smallest absolute Gasteiger partial charge is 0.181 e. The topological polar surface area (TPSA) is 57.4 Å². The summed E-state index contributed by atoms with van der Waals surface area (Å²) in [5.41, 5.74) is 6.68. The normalized spacial score (nSPS) is 10.5. The zero-order chi connectivity index (χ0) is 13.8. The number of aromatic nitrogens is 1. The average Bonchev–Trinajstić information content (AvgIpc) is 2.82. The first-order valence-electron chi connectivity index (χ1n) is 5.38. The molecule has 0 bridgehead atoms. The van der Waals surface area contributed by atoms with E-state index >= 15 is 0 Å². The summed E-state index contributed by atoms with van der Waals surface area (Å²) >= 11 is 6.60. The molecule has 2 aromatic rings. The van der Waals surface area contributed by atoms with Gasteiger partial charge in [0.2, 0.25) is 0 Å². The molecule has 0 aliphatic carbocycles. The van der Waals surface area contributed by atoms with Gasteiger partial charge in [0.25, 0.3) is 0 Å². The van der Waals surface area contributed by atoms with Crippen LogP contribution in [-0.2, 0) is 5.75 Å². The third kappa shape index (κ3) is 3.55. The van der Waals surface area contributed by atoms with Crippen molar-refractivity contribution in [2.75, 3.05) is 20.0 Å². The van der Waals surface area contributed by atoms with Crippen LogP contribution in [0.3, 0.4) is 0 Å². The first kappa shape index (κ1) is 14.5.